The van der Waals surface area contributed by atoms with E-state index < -0.39 is 118 Å². The SMILES string of the molecule is C=C(C)C(=O)C(OCC(CO)(CO)CO)C(CO)(C(O)(C(=O)C(=C)C)C(=O)C(=C)C)C(O)(C(=O)C(=C)C)C(=O)C(=C)C. The van der Waals surface area contributed by atoms with Crippen LogP contribution in [-0.4, -0.2) is 110 Å². The molecule has 1 unspecified atom stereocenters. The summed E-state index contributed by atoms with van der Waals surface area (Å²) in [4.78, 5) is 69.0. The molecule has 0 heterocycles. The molecule has 0 rings (SSSR count). The van der Waals surface area contributed by atoms with Gasteiger partial charge >= 0.3 is 0 Å². The van der Waals surface area contributed by atoms with Gasteiger partial charge in [0.15, 0.2) is 28.9 Å². The van der Waals surface area contributed by atoms with Crippen molar-refractivity contribution in [3.8, 4) is 0 Å². The van der Waals surface area contributed by atoms with Crippen LogP contribution in [0.15, 0.2) is 60.8 Å². The Morgan fingerprint density at radius 1 is 0.571 bits per heavy atom. The van der Waals surface area contributed by atoms with Gasteiger partial charge in [0.2, 0.25) is 11.2 Å². The number of Topliss-reactive ketones (excluding diaryl/α,β-unsaturated/α-hetero) is 5. The first-order valence-corrected chi connectivity index (χ1v) is 12.6. The molecule has 42 heavy (non-hydrogen) atoms. The molecule has 0 saturated carbocycles. The first-order chi connectivity index (χ1) is 19.1. The van der Waals surface area contributed by atoms with E-state index >= 15 is 0 Å². The highest BCUT2D eigenvalue weighted by molar-refractivity contribution is 6.28. The Balaban J connectivity index is 8.87. The third-order valence-electron chi connectivity index (χ3n) is 7.07. The molecule has 0 spiro atoms. The topological polar surface area (TPSA) is 216 Å². The van der Waals surface area contributed by atoms with Crippen LogP contribution >= 0.6 is 0 Å². The van der Waals surface area contributed by atoms with Crippen molar-refractivity contribution < 1.29 is 59.3 Å². The van der Waals surface area contributed by atoms with Crippen LogP contribution in [0.25, 0.3) is 0 Å². The van der Waals surface area contributed by atoms with Gasteiger partial charge < -0.3 is 35.4 Å². The molecule has 0 amide bonds. The zero-order valence-corrected chi connectivity index (χ0v) is 24.8. The van der Waals surface area contributed by atoms with Gasteiger partial charge in [0.05, 0.1) is 38.4 Å². The van der Waals surface area contributed by atoms with Gasteiger partial charge in [0.1, 0.15) is 11.5 Å². The molecule has 0 fully saturated rings. The van der Waals surface area contributed by atoms with Crippen molar-refractivity contribution in [2.45, 2.75) is 51.9 Å². The van der Waals surface area contributed by atoms with Gasteiger partial charge in [-0.05, 0) is 62.5 Å². The summed E-state index contributed by atoms with van der Waals surface area (Å²) in [5.74, 6) is -7.86. The smallest absolute Gasteiger partial charge is 0.204 e. The van der Waals surface area contributed by atoms with Crippen LogP contribution in [-0.2, 0) is 28.7 Å². The van der Waals surface area contributed by atoms with E-state index in [1.54, 1.807) is 0 Å². The average molecular weight is 595 g/mol. The van der Waals surface area contributed by atoms with Crippen molar-refractivity contribution in [2.24, 2.45) is 10.8 Å². The molecule has 0 aromatic rings. The molecule has 12 heteroatoms. The zero-order chi connectivity index (χ0) is 33.6. The van der Waals surface area contributed by atoms with Gasteiger partial charge in [0.25, 0.3) is 0 Å². The molecule has 0 aromatic carbocycles. The van der Waals surface area contributed by atoms with Gasteiger partial charge in [-0.15, -0.1) is 0 Å². The van der Waals surface area contributed by atoms with Gasteiger partial charge in [-0.2, -0.15) is 0 Å². The predicted molar refractivity (Wildman–Crippen MR) is 152 cm³/mol. The largest absolute Gasteiger partial charge is 0.396 e. The molecule has 0 aromatic heterocycles. The second-order valence-corrected chi connectivity index (χ2v) is 10.8. The van der Waals surface area contributed by atoms with Crippen LogP contribution in [0.4, 0.5) is 0 Å². The summed E-state index contributed by atoms with van der Waals surface area (Å²) in [7, 11) is 0. The summed E-state index contributed by atoms with van der Waals surface area (Å²) in [5, 5.41) is 65.2. The molecule has 1 atom stereocenters. The van der Waals surface area contributed by atoms with Crippen LogP contribution in [0.5, 0.6) is 0 Å². The van der Waals surface area contributed by atoms with E-state index in [4.69, 9.17) is 4.74 Å². The van der Waals surface area contributed by atoms with E-state index in [-0.39, 0.29) is 0 Å². The van der Waals surface area contributed by atoms with E-state index in [1.165, 1.54) is 0 Å². The second-order valence-electron chi connectivity index (χ2n) is 10.8. The van der Waals surface area contributed by atoms with Crippen LogP contribution in [0.2, 0.25) is 0 Å². The van der Waals surface area contributed by atoms with Crippen molar-refractivity contribution >= 4 is 28.9 Å². The van der Waals surface area contributed by atoms with Gasteiger partial charge in [-0.3, -0.25) is 24.0 Å². The van der Waals surface area contributed by atoms with E-state index in [1.807, 2.05) is 0 Å². The molecule has 0 aliphatic rings. The fourth-order valence-corrected chi connectivity index (χ4v) is 4.42. The lowest BCUT2D eigenvalue weighted by molar-refractivity contribution is -0.239. The summed E-state index contributed by atoms with van der Waals surface area (Å²) in [6.45, 7) is 16.7. The standard InChI is InChI=1S/C30H42O12/c1-16(2)21(35)26(42-15-27(11-31,12-32)13-33)28(14-34,29(40,22(36)17(3)4)23(37)18(5)6)30(41,24(38)19(7)8)25(39)20(9)10/h26,31-34,40-41H,1,3,5,7,9,11-15H2,2,4,6,8,10H3. The van der Waals surface area contributed by atoms with Gasteiger partial charge in [0, 0.05) is 0 Å². The Labute approximate surface area is 245 Å². The Morgan fingerprint density at radius 3 is 1.05 bits per heavy atom. The number of carbonyl (C=O) groups excluding carboxylic acids is 5. The third-order valence-corrected chi connectivity index (χ3v) is 7.07. The number of ketones is 5. The van der Waals surface area contributed by atoms with Gasteiger partial charge in [-0.1, -0.05) is 32.9 Å². The number of carbonyl (C=O) groups is 5. The number of aliphatic hydroxyl groups is 6. The number of rotatable bonds is 20. The molecular weight excluding hydrogens is 552 g/mol. The lowest BCUT2D eigenvalue weighted by Gasteiger charge is -2.54. The van der Waals surface area contributed by atoms with E-state index in [0.717, 1.165) is 34.6 Å². The van der Waals surface area contributed by atoms with Crippen molar-refractivity contribution in [1.82, 2.24) is 0 Å². The summed E-state index contributed by atoms with van der Waals surface area (Å²) in [5.41, 5.74) is -16.0. The quantitative estimate of drug-likeness (QED) is 0.0777. The minimum absolute atomic E-state index is 0.429. The Morgan fingerprint density at radius 2 is 0.857 bits per heavy atom. The van der Waals surface area contributed by atoms with Crippen molar-refractivity contribution in [3.63, 3.8) is 0 Å². The first kappa shape index (κ1) is 38.8. The maximum Gasteiger partial charge on any atom is 0.204 e. The number of ether oxygens (including phenoxy) is 1. The number of aliphatic hydroxyl groups excluding tert-OH is 4. The zero-order valence-electron chi connectivity index (χ0n) is 24.8. The summed E-state index contributed by atoms with van der Waals surface area (Å²) in [6, 6.07) is 0. The van der Waals surface area contributed by atoms with Crippen molar-refractivity contribution in [1.29, 1.82) is 0 Å². The Bertz CT molecular complexity index is 1080. The Hall–Kier alpha value is -3.23. The van der Waals surface area contributed by atoms with E-state index in [0.29, 0.717) is 0 Å². The average Bonchev–Trinajstić information content (AvgIpc) is 2.94. The highest BCUT2D eigenvalue weighted by atomic mass is 16.5. The van der Waals surface area contributed by atoms with Crippen molar-refractivity contribution in [2.75, 3.05) is 33.0 Å². The molecule has 0 radical (unpaired) electrons. The maximum atomic E-state index is 13.8. The second kappa shape index (κ2) is 14.3. The summed E-state index contributed by atoms with van der Waals surface area (Å²) in [6.07, 6.45) is -2.68. The van der Waals surface area contributed by atoms with Crippen LogP contribution in [0.1, 0.15) is 34.6 Å². The molecule has 0 bridgehead atoms. The molecule has 0 aliphatic heterocycles. The molecule has 6 N–H and O–H groups in total. The lowest BCUT2D eigenvalue weighted by Crippen LogP contribution is -2.80. The first-order valence-electron chi connectivity index (χ1n) is 12.6. The summed E-state index contributed by atoms with van der Waals surface area (Å²) >= 11 is 0. The summed E-state index contributed by atoms with van der Waals surface area (Å²) < 4.78 is 5.67. The minimum atomic E-state index is -3.87. The maximum absolute atomic E-state index is 13.8. The fourth-order valence-electron chi connectivity index (χ4n) is 4.42. The normalized spacial score (nSPS) is 13.1. The molecule has 12 nitrogen and oxygen atoms in total. The van der Waals surface area contributed by atoms with E-state index in [2.05, 4.69) is 32.9 Å². The predicted octanol–water partition coefficient (Wildman–Crippen LogP) is -0.498. The van der Waals surface area contributed by atoms with Gasteiger partial charge in [-0.25, -0.2) is 0 Å². The lowest BCUT2D eigenvalue weighted by atomic mass is 9.50. The highest BCUT2D eigenvalue weighted by Gasteiger charge is 2.78. The monoisotopic (exact) mass is 594 g/mol. The van der Waals surface area contributed by atoms with Crippen LogP contribution in [0.3, 0.4) is 0 Å². The molecule has 0 saturated heterocycles. The third kappa shape index (κ3) is 6.25. The molecule has 234 valence electrons. The highest BCUT2D eigenvalue weighted by Crippen LogP contribution is 2.52. The number of hydrogen-bond acceptors (Lipinski definition) is 12. The van der Waals surface area contributed by atoms with Crippen LogP contribution < -0.4 is 0 Å². The Kier molecular flexibility index (Phi) is 13.2. The van der Waals surface area contributed by atoms with E-state index in [9.17, 15) is 54.6 Å². The minimum Gasteiger partial charge on any atom is -0.396 e. The van der Waals surface area contributed by atoms with Crippen molar-refractivity contribution in [3.05, 3.63) is 60.8 Å². The molecule has 0 aliphatic carbocycles. The molecular formula is C30H42O12. The fraction of sp³-hybridized carbons (Fsp3) is 0.500. The number of hydrogen-bond donors (Lipinski definition) is 6. The van der Waals surface area contributed by atoms with Crippen LogP contribution in [0, 0.1) is 10.8 Å².